The van der Waals surface area contributed by atoms with Crippen LogP contribution in [0.15, 0.2) is 154 Å². The molecule has 0 amide bonds. The molecule has 0 heterocycles. The summed E-state index contributed by atoms with van der Waals surface area (Å²) in [5.41, 5.74) is 8.71. The first-order valence-electron chi connectivity index (χ1n) is 15.3. The first kappa shape index (κ1) is 38.1. The standard InChI is InChI=1S/C41H54O3/c1-31(19-13-21-33(3)22-14-23-34(4)25-16-26-37(7)40(43)44-10)17-11-12-18-32(2)20-15-24-35(5)27-29-38-36(6)28-30-39(42)41(38,8)9/h11-27,29,39,42H,28,30H2,1-10H3/b12-11+,19-13+,20-15+,22-14+,25-16+,29-27+,31-17+,32-18+,33-21+,34-23+,35-24+,37-26+/t39-/m1/s1. The minimum atomic E-state index is -0.319. The van der Waals surface area contributed by atoms with E-state index in [4.69, 9.17) is 0 Å². The number of carbonyl (C=O) groups excluding carboxylic acids is 1. The van der Waals surface area contributed by atoms with Crippen LogP contribution < -0.4 is 0 Å². The molecular formula is C41H54O3. The third-order valence-corrected chi connectivity index (χ3v) is 7.49. The molecule has 0 aromatic rings. The average molecular weight is 595 g/mol. The summed E-state index contributed by atoms with van der Waals surface area (Å²) < 4.78 is 4.69. The first-order valence-corrected chi connectivity index (χ1v) is 15.3. The van der Waals surface area contributed by atoms with E-state index in [1.807, 2.05) is 31.2 Å². The van der Waals surface area contributed by atoms with Gasteiger partial charge < -0.3 is 9.84 Å². The van der Waals surface area contributed by atoms with Crippen LogP contribution in [-0.2, 0) is 9.53 Å². The second-order valence-corrected chi connectivity index (χ2v) is 12.0. The molecule has 0 saturated heterocycles. The van der Waals surface area contributed by atoms with E-state index < -0.39 is 0 Å². The van der Waals surface area contributed by atoms with E-state index >= 15 is 0 Å². The van der Waals surface area contributed by atoms with Gasteiger partial charge in [0.05, 0.1) is 13.2 Å². The van der Waals surface area contributed by atoms with Gasteiger partial charge in [0.1, 0.15) is 0 Å². The van der Waals surface area contributed by atoms with Crippen LogP contribution in [-0.4, -0.2) is 24.3 Å². The van der Waals surface area contributed by atoms with Crippen molar-refractivity contribution < 1.29 is 14.6 Å². The van der Waals surface area contributed by atoms with Crippen molar-refractivity contribution >= 4 is 5.97 Å². The smallest absolute Gasteiger partial charge is 0.333 e. The van der Waals surface area contributed by atoms with Crippen molar-refractivity contribution in [2.75, 3.05) is 7.11 Å². The van der Waals surface area contributed by atoms with Gasteiger partial charge in [-0.2, -0.15) is 0 Å². The molecule has 0 aromatic heterocycles. The molecular weight excluding hydrogens is 540 g/mol. The number of hydrogen-bond acceptors (Lipinski definition) is 3. The molecule has 0 fully saturated rings. The molecule has 0 bridgehead atoms. The van der Waals surface area contributed by atoms with Gasteiger partial charge in [-0.05, 0) is 66.9 Å². The largest absolute Gasteiger partial charge is 0.466 e. The highest BCUT2D eigenvalue weighted by Crippen LogP contribution is 2.41. The van der Waals surface area contributed by atoms with Crippen LogP contribution in [0.2, 0.25) is 0 Å². The summed E-state index contributed by atoms with van der Waals surface area (Å²) in [7, 11) is 1.38. The number of allylic oxidation sites excluding steroid dienone is 24. The van der Waals surface area contributed by atoms with Gasteiger partial charge in [-0.1, -0.05) is 157 Å². The Morgan fingerprint density at radius 1 is 0.682 bits per heavy atom. The van der Waals surface area contributed by atoms with Crippen LogP contribution in [0.1, 0.15) is 75.2 Å². The molecule has 3 heteroatoms. The summed E-state index contributed by atoms with van der Waals surface area (Å²) in [5.74, 6) is -0.319. The minimum absolute atomic E-state index is 0.209. The van der Waals surface area contributed by atoms with Crippen LogP contribution >= 0.6 is 0 Å². The topological polar surface area (TPSA) is 46.5 Å². The Hall–Kier alpha value is -3.95. The summed E-state index contributed by atoms with van der Waals surface area (Å²) in [4.78, 5) is 11.4. The van der Waals surface area contributed by atoms with Gasteiger partial charge >= 0.3 is 5.97 Å². The highest BCUT2D eigenvalue weighted by atomic mass is 16.5. The number of aliphatic hydroxyl groups excluding tert-OH is 1. The van der Waals surface area contributed by atoms with Gasteiger partial charge in [0.2, 0.25) is 0 Å². The maximum absolute atomic E-state index is 11.4. The summed E-state index contributed by atoms with van der Waals surface area (Å²) >= 11 is 0. The minimum Gasteiger partial charge on any atom is -0.466 e. The lowest BCUT2D eigenvalue weighted by Gasteiger charge is -2.37. The Balaban J connectivity index is 2.63. The Bertz CT molecular complexity index is 1380. The molecule has 44 heavy (non-hydrogen) atoms. The third kappa shape index (κ3) is 15.0. The van der Waals surface area contributed by atoms with Crippen molar-refractivity contribution in [2.24, 2.45) is 5.41 Å². The Morgan fingerprint density at radius 2 is 1.07 bits per heavy atom. The highest BCUT2D eigenvalue weighted by molar-refractivity contribution is 5.87. The van der Waals surface area contributed by atoms with Gasteiger partial charge in [-0.25, -0.2) is 4.79 Å². The van der Waals surface area contributed by atoms with Crippen molar-refractivity contribution in [3.05, 3.63) is 154 Å². The van der Waals surface area contributed by atoms with Gasteiger partial charge in [-0.3, -0.25) is 0 Å². The van der Waals surface area contributed by atoms with E-state index in [-0.39, 0.29) is 17.5 Å². The van der Waals surface area contributed by atoms with E-state index in [2.05, 4.69) is 132 Å². The molecule has 1 N–H and O–H groups in total. The molecule has 0 spiro atoms. The second-order valence-electron chi connectivity index (χ2n) is 12.0. The molecule has 1 aliphatic rings. The van der Waals surface area contributed by atoms with Crippen molar-refractivity contribution in [1.82, 2.24) is 0 Å². The van der Waals surface area contributed by atoms with Gasteiger partial charge in [0.25, 0.3) is 0 Å². The molecule has 0 unspecified atom stereocenters. The number of carbonyl (C=O) groups is 1. The maximum atomic E-state index is 11.4. The van der Waals surface area contributed by atoms with Gasteiger partial charge in [-0.15, -0.1) is 0 Å². The lowest BCUT2D eigenvalue weighted by Crippen LogP contribution is -2.34. The van der Waals surface area contributed by atoms with Crippen molar-refractivity contribution in [1.29, 1.82) is 0 Å². The zero-order valence-electron chi connectivity index (χ0n) is 28.6. The number of esters is 1. The predicted molar refractivity (Wildman–Crippen MR) is 191 cm³/mol. The van der Waals surface area contributed by atoms with Crippen molar-refractivity contribution in [2.45, 2.75) is 81.3 Å². The summed E-state index contributed by atoms with van der Waals surface area (Å²) in [6.45, 7) is 18.5. The first-order chi connectivity index (χ1) is 20.8. The number of methoxy groups -OCH3 is 1. The third-order valence-electron chi connectivity index (χ3n) is 7.49. The zero-order chi connectivity index (χ0) is 33.1. The van der Waals surface area contributed by atoms with E-state index in [0.29, 0.717) is 5.57 Å². The lowest BCUT2D eigenvalue weighted by molar-refractivity contribution is -0.136. The Labute approximate surface area is 267 Å². The fourth-order valence-corrected chi connectivity index (χ4v) is 4.47. The predicted octanol–water partition coefficient (Wildman–Crippen LogP) is 10.7. The van der Waals surface area contributed by atoms with Crippen molar-refractivity contribution in [3.63, 3.8) is 0 Å². The maximum Gasteiger partial charge on any atom is 0.333 e. The molecule has 3 nitrogen and oxygen atoms in total. The Morgan fingerprint density at radius 3 is 1.50 bits per heavy atom. The second kappa shape index (κ2) is 20.1. The van der Waals surface area contributed by atoms with Crippen LogP contribution in [0.3, 0.4) is 0 Å². The molecule has 1 atom stereocenters. The van der Waals surface area contributed by atoms with Crippen molar-refractivity contribution in [3.8, 4) is 0 Å². The summed E-state index contributed by atoms with van der Waals surface area (Å²) in [6.07, 6.45) is 38.3. The fourth-order valence-electron chi connectivity index (χ4n) is 4.47. The molecule has 0 radical (unpaired) electrons. The quantitative estimate of drug-likeness (QED) is 0.131. The Kier molecular flexibility index (Phi) is 17.4. The van der Waals surface area contributed by atoms with Gasteiger partial charge in [0, 0.05) is 11.0 Å². The lowest BCUT2D eigenvalue weighted by atomic mass is 9.70. The molecule has 1 aliphatic carbocycles. The molecule has 236 valence electrons. The number of hydrogen-bond donors (Lipinski definition) is 1. The van der Waals surface area contributed by atoms with E-state index in [1.165, 1.54) is 29.4 Å². The molecule has 0 saturated carbocycles. The number of ether oxygens (including phenoxy) is 1. The molecule has 0 aliphatic heterocycles. The summed E-state index contributed by atoms with van der Waals surface area (Å²) in [5, 5.41) is 10.4. The molecule has 1 rings (SSSR count). The zero-order valence-corrected chi connectivity index (χ0v) is 28.6. The van der Waals surface area contributed by atoms with E-state index in [0.717, 1.165) is 29.6 Å². The van der Waals surface area contributed by atoms with Crippen LogP contribution in [0, 0.1) is 5.41 Å². The van der Waals surface area contributed by atoms with E-state index in [9.17, 15) is 9.90 Å². The summed E-state index contributed by atoms with van der Waals surface area (Å²) in [6, 6.07) is 0. The highest BCUT2D eigenvalue weighted by Gasteiger charge is 2.34. The average Bonchev–Trinajstić information content (AvgIpc) is 2.96. The van der Waals surface area contributed by atoms with Crippen LogP contribution in [0.25, 0.3) is 0 Å². The monoisotopic (exact) mass is 594 g/mol. The van der Waals surface area contributed by atoms with Crippen LogP contribution in [0.4, 0.5) is 0 Å². The SMILES string of the molecule is COC(=O)/C(C)=C/C=C/C(C)=C/C=C/C(C)=C/C=C/C(C)=C/C=C/C=C(C)/C=C/C=C(C)/C=C/C1=C(C)CC[C@@H](O)C1(C)C. The van der Waals surface area contributed by atoms with Crippen LogP contribution in [0.5, 0.6) is 0 Å². The van der Waals surface area contributed by atoms with E-state index in [1.54, 1.807) is 13.0 Å². The number of rotatable bonds is 13. The normalized spacial score (nSPS) is 20.2. The number of aliphatic hydroxyl groups is 1. The van der Waals surface area contributed by atoms with Gasteiger partial charge in [0.15, 0.2) is 0 Å². The fraction of sp³-hybridized carbons (Fsp3) is 0.341. The molecule has 0 aromatic carbocycles.